The van der Waals surface area contributed by atoms with Crippen LogP contribution in [0.2, 0.25) is 0 Å². The predicted octanol–water partition coefficient (Wildman–Crippen LogP) is 5.09. The zero-order chi connectivity index (χ0) is 33.0. The molecule has 44 heavy (non-hydrogen) atoms. The Bertz CT molecular complexity index is 1600. The minimum atomic E-state index is -5.08. The van der Waals surface area contributed by atoms with Crippen molar-refractivity contribution in [2.75, 3.05) is 20.2 Å². The van der Waals surface area contributed by atoms with Gasteiger partial charge in [0, 0.05) is 37.3 Å². The number of carbonyl (C=O) groups is 2. The average molecular weight is 649 g/mol. The third-order valence-electron chi connectivity index (χ3n) is 6.71. The number of ether oxygens (including phenoxy) is 1. The van der Waals surface area contributed by atoms with Crippen molar-refractivity contribution in [2.45, 2.75) is 41.9 Å². The topological polar surface area (TPSA) is 134 Å². The van der Waals surface area contributed by atoms with Gasteiger partial charge in [-0.25, -0.2) is 23.0 Å². The van der Waals surface area contributed by atoms with Crippen LogP contribution in [0.3, 0.4) is 0 Å². The number of aryl methyl sites for hydroxylation is 1. The lowest BCUT2D eigenvalue weighted by atomic mass is 9.95. The number of fused-ring (bicyclic) bond motifs is 3. The van der Waals surface area contributed by atoms with Crippen LogP contribution >= 0.6 is 0 Å². The van der Waals surface area contributed by atoms with Gasteiger partial charge in [-0.2, -0.15) is 26.3 Å². The Morgan fingerprint density at radius 3 is 2.11 bits per heavy atom. The number of hydrogen-bond acceptors (Lipinski definition) is 7. The maximum atomic E-state index is 13.2. The molecule has 2 aliphatic rings. The van der Waals surface area contributed by atoms with Crippen LogP contribution < -0.4 is 4.74 Å². The molecule has 9 nitrogen and oxygen atoms in total. The molecule has 1 fully saturated rings. The highest BCUT2D eigenvalue weighted by Crippen LogP contribution is 2.46. The molecule has 16 heteroatoms. The van der Waals surface area contributed by atoms with Crippen molar-refractivity contribution in [1.82, 2.24) is 9.88 Å². The first-order valence-corrected chi connectivity index (χ1v) is 14.2. The molecule has 2 atom stereocenters. The number of rotatable bonds is 4. The Morgan fingerprint density at radius 2 is 1.57 bits per heavy atom. The number of hydrogen-bond donors (Lipinski definition) is 2. The first kappa shape index (κ1) is 34.3. The molecule has 1 saturated heterocycles. The summed E-state index contributed by atoms with van der Waals surface area (Å²) in [4.78, 5) is 24.8. The van der Waals surface area contributed by atoms with Crippen molar-refractivity contribution >= 4 is 21.8 Å². The zero-order valence-corrected chi connectivity index (χ0v) is 23.9. The highest BCUT2D eigenvalue weighted by molar-refractivity contribution is 7.92. The molecule has 3 aromatic rings. The van der Waals surface area contributed by atoms with E-state index < -0.39 is 34.1 Å². The van der Waals surface area contributed by atoms with Gasteiger partial charge >= 0.3 is 24.3 Å². The quantitative estimate of drug-likeness (QED) is 0.371. The monoisotopic (exact) mass is 648 g/mol. The third kappa shape index (κ3) is 8.05. The van der Waals surface area contributed by atoms with Crippen molar-refractivity contribution in [3.8, 4) is 17.0 Å². The van der Waals surface area contributed by atoms with E-state index in [-0.39, 0.29) is 11.2 Å². The molecule has 1 aromatic heterocycles. The number of nitrogens with zero attached hydrogens (tertiary/aromatic N) is 2. The number of likely N-dealkylation sites (tertiary alicyclic amines) is 1. The van der Waals surface area contributed by atoms with Gasteiger partial charge in [-0.3, -0.25) is 4.90 Å². The van der Waals surface area contributed by atoms with Crippen LogP contribution in [0.1, 0.15) is 22.6 Å². The van der Waals surface area contributed by atoms with Crippen LogP contribution in [-0.4, -0.2) is 78.3 Å². The normalized spacial score (nSPS) is 18.5. The SMILES string of the molecule is COc1ncccc1-c1ccc2c(c1)C1CN(Cc3cccc(C)c3)CC1S2(=O)=O.O=C(O)C(F)(F)F.O=C(O)C(F)(F)F. The molecule has 0 amide bonds. The van der Waals surface area contributed by atoms with Crippen LogP contribution in [0.5, 0.6) is 5.88 Å². The number of halogens is 6. The Kier molecular flexibility index (Phi) is 10.3. The van der Waals surface area contributed by atoms with E-state index >= 15 is 0 Å². The smallest absolute Gasteiger partial charge is 0.481 e. The summed E-state index contributed by atoms with van der Waals surface area (Å²) in [6.45, 7) is 4.17. The molecule has 0 spiro atoms. The Labute approximate surface area is 247 Å². The second-order valence-electron chi connectivity index (χ2n) is 9.79. The van der Waals surface area contributed by atoms with E-state index in [1.54, 1.807) is 19.4 Å². The summed E-state index contributed by atoms with van der Waals surface area (Å²) >= 11 is 0. The fourth-order valence-corrected chi connectivity index (χ4v) is 7.06. The Morgan fingerprint density at radius 1 is 0.955 bits per heavy atom. The van der Waals surface area contributed by atoms with Gasteiger partial charge in [-0.15, -0.1) is 0 Å². The number of aliphatic carboxylic acids is 2. The Balaban J connectivity index is 0.000000317. The van der Waals surface area contributed by atoms with Crippen molar-refractivity contribution in [3.05, 3.63) is 77.5 Å². The average Bonchev–Trinajstić information content (AvgIpc) is 3.44. The van der Waals surface area contributed by atoms with Crippen LogP contribution in [-0.2, 0) is 26.0 Å². The molecule has 238 valence electrons. The van der Waals surface area contributed by atoms with E-state index in [0.29, 0.717) is 17.3 Å². The lowest BCUT2D eigenvalue weighted by Crippen LogP contribution is -2.25. The van der Waals surface area contributed by atoms with Gasteiger partial charge in [0.05, 0.1) is 17.3 Å². The van der Waals surface area contributed by atoms with Crippen molar-refractivity contribution in [2.24, 2.45) is 0 Å². The molecular weight excluding hydrogens is 622 g/mol. The van der Waals surface area contributed by atoms with Gasteiger partial charge in [0.1, 0.15) is 0 Å². The van der Waals surface area contributed by atoms with E-state index in [1.165, 1.54) is 11.1 Å². The standard InChI is InChI=1S/C24H24N2O3S.2C2HF3O2/c1-16-5-3-6-17(11-16)13-26-14-21-20-12-18(19-7-4-10-25-24(19)29-2)8-9-22(20)30(27,28)23(21)15-26;2*3-2(4,5)1(6)7/h3-12,21,23H,13-15H2,1-2H3;2*(H,6,7). The fraction of sp³-hybridized carbons (Fsp3) is 0.321. The van der Waals surface area contributed by atoms with E-state index in [2.05, 4.69) is 41.1 Å². The summed E-state index contributed by atoms with van der Waals surface area (Å²) in [5.74, 6) is -4.97. The summed E-state index contributed by atoms with van der Waals surface area (Å²) < 4.78 is 95.3. The molecule has 0 saturated carbocycles. The highest BCUT2D eigenvalue weighted by atomic mass is 32.2. The Hall–Kier alpha value is -4.18. The van der Waals surface area contributed by atoms with Crippen molar-refractivity contribution < 1.29 is 59.3 Å². The third-order valence-corrected chi connectivity index (χ3v) is 8.96. The van der Waals surface area contributed by atoms with E-state index in [0.717, 1.165) is 29.8 Å². The van der Waals surface area contributed by atoms with E-state index in [4.69, 9.17) is 24.5 Å². The second kappa shape index (κ2) is 13.2. The first-order valence-electron chi connectivity index (χ1n) is 12.6. The lowest BCUT2D eigenvalue weighted by Gasteiger charge is -2.18. The van der Waals surface area contributed by atoms with Crippen LogP contribution in [0, 0.1) is 6.92 Å². The maximum absolute atomic E-state index is 13.2. The molecule has 0 bridgehead atoms. The molecule has 2 aromatic carbocycles. The van der Waals surface area contributed by atoms with Gasteiger partial charge in [0.25, 0.3) is 0 Å². The van der Waals surface area contributed by atoms with E-state index in [9.17, 15) is 34.8 Å². The fourth-order valence-electron chi connectivity index (χ4n) is 4.86. The molecule has 0 radical (unpaired) electrons. The van der Waals surface area contributed by atoms with E-state index in [1.807, 2.05) is 24.3 Å². The first-order chi connectivity index (χ1) is 20.4. The summed E-state index contributed by atoms with van der Waals surface area (Å²) in [5.41, 5.74) is 5.18. The lowest BCUT2D eigenvalue weighted by molar-refractivity contribution is -0.193. The number of carboxylic acid groups (broad SMARTS) is 2. The number of methoxy groups -OCH3 is 1. The molecule has 3 heterocycles. The highest BCUT2D eigenvalue weighted by Gasteiger charge is 2.50. The number of carboxylic acids is 2. The minimum absolute atomic E-state index is 0.00238. The van der Waals surface area contributed by atoms with Crippen LogP contribution in [0.25, 0.3) is 11.1 Å². The number of aromatic nitrogens is 1. The molecule has 2 unspecified atom stereocenters. The summed E-state index contributed by atoms with van der Waals surface area (Å²) in [5, 5.41) is 13.9. The summed E-state index contributed by atoms with van der Waals surface area (Å²) in [7, 11) is -1.72. The predicted molar refractivity (Wildman–Crippen MR) is 144 cm³/mol. The number of sulfone groups is 1. The minimum Gasteiger partial charge on any atom is -0.481 e. The van der Waals surface area contributed by atoms with Crippen molar-refractivity contribution in [3.63, 3.8) is 0 Å². The zero-order valence-electron chi connectivity index (χ0n) is 23.1. The second-order valence-corrected chi connectivity index (χ2v) is 11.9. The van der Waals surface area contributed by atoms with Crippen LogP contribution in [0.4, 0.5) is 26.3 Å². The van der Waals surface area contributed by atoms with Gasteiger partial charge < -0.3 is 14.9 Å². The molecule has 0 aliphatic carbocycles. The van der Waals surface area contributed by atoms with Crippen molar-refractivity contribution in [1.29, 1.82) is 0 Å². The maximum Gasteiger partial charge on any atom is 0.490 e. The molecular formula is C28H26F6N2O7S. The molecule has 2 aliphatic heterocycles. The van der Waals surface area contributed by atoms with Gasteiger partial charge in [0.2, 0.25) is 5.88 Å². The number of benzene rings is 2. The molecule has 2 N–H and O–H groups in total. The van der Waals surface area contributed by atoms with Gasteiger partial charge in [-0.1, -0.05) is 35.9 Å². The summed E-state index contributed by atoms with van der Waals surface area (Å²) in [6, 6.07) is 17.9. The number of alkyl halides is 6. The summed E-state index contributed by atoms with van der Waals surface area (Å²) in [6.07, 6.45) is -8.48. The number of pyridine rings is 1. The van der Waals surface area contributed by atoms with Gasteiger partial charge in [-0.05, 0) is 47.9 Å². The molecule has 5 rings (SSSR count). The van der Waals surface area contributed by atoms with Gasteiger partial charge in [0.15, 0.2) is 9.84 Å². The largest absolute Gasteiger partial charge is 0.490 e. The van der Waals surface area contributed by atoms with Crippen LogP contribution in [0.15, 0.2) is 65.7 Å².